The minimum atomic E-state index is -1.04. The summed E-state index contributed by atoms with van der Waals surface area (Å²) in [6, 6.07) is 6.01. The van der Waals surface area contributed by atoms with Gasteiger partial charge in [-0.3, -0.25) is 0 Å². The van der Waals surface area contributed by atoms with Crippen LogP contribution >= 0.6 is 15.9 Å². The SMILES string of the molecule is O=C(Nc1cc(F)nc(F)c1)Nc1cc(Br)ccc1CO. The van der Waals surface area contributed by atoms with Crippen molar-refractivity contribution in [3.8, 4) is 0 Å². The van der Waals surface area contributed by atoms with Gasteiger partial charge in [0.2, 0.25) is 11.9 Å². The Morgan fingerprint density at radius 3 is 2.48 bits per heavy atom. The molecule has 3 N–H and O–H groups in total. The van der Waals surface area contributed by atoms with Gasteiger partial charge in [-0.05, 0) is 12.1 Å². The van der Waals surface area contributed by atoms with E-state index in [1.54, 1.807) is 18.2 Å². The van der Waals surface area contributed by atoms with Gasteiger partial charge >= 0.3 is 6.03 Å². The number of anilines is 2. The van der Waals surface area contributed by atoms with Crippen LogP contribution in [0.2, 0.25) is 0 Å². The maximum Gasteiger partial charge on any atom is 0.323 e. The van der Waals surface area contributed by atoms with Gasteiger partial charge in [-0.25, -0.2) is 4.79 Å². The Balaban J connectivity index is 2.13. The van der Waals surface area contributed by atoms with Crippen molar-refractivity contribution in [1.82, 2.24) is 4.98 Å². The van der Waals surface area contributed by atoms with Crippen molar-refractivity contribution < 1.29 is 18.7 Å². The van der Waals surface area contributed by atoms with E-state index in [0.29, 0.717) is 15.7 Å². The van der Waals surface area contributed by atoms with Crippen molar-refractivity contribution in [2.45, 2.75) is 6.61 Å². The zero-order valence-electron chi connectivity index (χ0n) is 10.5. The van der Waals surface area contributed by atoms with E-state index in [0.717, 1.165) is 12.1 Å². The summed E-state index contributed by atoms with van der Waals surface area (Å²) >= 11 is 3.24. The number of rotatable bonds is 3. The number of carbonyl (C=O) groups excluding carboxylic acids is 1. The topological polar surface area (TPSA) is 74.2 Å². The van der Waals surface area contributed by atoms with Crippen LogP contribution in [0.15, 0.2) is 34.8 Å². The molecule has 21 heavy (non-hydrogen) atoms. The number of amides is 2. The molecule has 8 heteroatoms. The van der Waals surface area contributed by atoms with Gasteiger partial charge in [0.25, 0.3) is 0 Å². The molecule has 0 unspecified atom stereocenters. The van der Waals surface area contributed by atoms with E-state index in [9.17, 15) is 18.7 Å². The number of halogens is 3. The van der Waals surface area contributed by atoms with Crippen LogP contribution in [0.25, 0.3) is 0 Å². The first-order chi connectivity index (χ1) is 9.97. The van der Waals surface area contributed by atoms with Crippen molar-refractivity contribution in [1.29, 1.82) is 0 Å². The van der Waals surface area contributed by atoms with Crippen LogP contribution in [0, 0.1) is 11.9 Å². The van der Waals surface area contributed by atoms with Crippen LogP contribution in [0.5, 0.6) is 0 Å². The highest BCUT2D eigenvalue weighted by Gasteiger charge is 2.09. The summed E-state index contributed by atoms with van der Waals surface area (Å²) < 4.78 is 26.5. The van der Waals surface area contributed by atoms with Gasteiger partial charge < -0.3 is 15.7 Å². The second kappa shape index (κ2) is 6.59. The molecule has 0 fully saturated rings. The second-order valence-corrected chi connectivity index (χ2v) is 4.96. The average Bonchev–Trinajstić information content (AvgIpc) is 2.37. The van der Waals surface area contributed by atoms with E-state index in [4.69, 9.17) is 0 Å². The fourth-order valence-electron chi connectivity index (χ4n) is 1.62. The smallest absolute Gasteiger partial charge is 0.323 e. The Morgan fingerprint density at radius 2 is 1.86 bits per heavy atom. The number of benzene rings is 1. The van der Waals surface area contributed by atoms with E-state index in [1.165, 1.54) is 0 Å². The second-order valence-electron chi connectivity index (χ2n) is 4.04. The first kappa shape index (κ1) is 15.3. The molecule has 2 rings (SSSR count). The standard InChI is InChI=1S/C13H10BrF2N3O2/c14-8-2-1-7(6-20)10(3-8)18-13(21)17-9-4-11(15)19-12(16)5-9/h1-5,20H,6H2,(H2,17,18,19,21). The lowest BCUT2D eigenvalue weighted by atomic mass is 10.2. The fourth-order valence-corrected chi connectivity index (χ4v) is 1.99. The summed E-state index contributed by atoms with van der Waals surface area (Å²) in [5, 5.41) is 14.0. The summed E-state index contributed by atoms with van der Waals surface area (Å²) in [6.07, 6.45) is 0. The number of nitrogens with zero attached hydrogens (tertiary/aromatic N) is 1. The molecule has 1 heterocycles. The number of aliphatic hydroxyl groups excluding tert-OH is 1. The van der Waals surface area contributed by atoms with Crippen LogP contribution in [-0.4, -0.2) is 16.1 Å². The summed E-state index contributed by atoms with van der Waals surface area (Å²) in [4.78, 5) is 14.7. The Hall–Kier alpha value is -2.06. The lowest BCUT2D eigenvalue weighted by Crippen LogP contribution is -2.20. The molecule has 1 aromatic heterocycles. The fraction of sp³-hybridized carbons (Fsp3) is 0.0769. The molecule has 0 aliphatic carbocycles. The third-order valence-electron chi connectivity index (χ3n) is 2.51. The minimum absolute atomic E-state index is 0.0713. The largest absolute Gasteiger partial charge is 0.392 e. The molecule has 0 aliphatic heterocycles. The molecule has 0 saturated heterocycles. The Morgan fingerprint density at radius 1 is 1.19 bits per heavy atom. The molecule has 2 amide bonds. The van der Waals surface area contributed by atoms with E-state index >= 15 is 0 Å². The van der Waals surface area contributed by atoms with Gasteiger partial charge in [0, 0.05) is 27.9 Å². The number of nitrogens with one attached hydrogen (secondary N) is 2. The van der Waals surface area contributed by atoms with Gasteiger partial charge in [0.1, 0.15) is 0 Å². The summed E-state index contributed by atoms with van der Waals surface area (Å²) in [5.41, 5.74) is 0.804. The first-order valence-electron chi connectivity index (χ1n) is 5.78. The van der Waals surface area contributed by atoms with Crippen molar-refractivity contribution in [2.24, 2.45) is 0 Å². The number of hydrogen-bond donors (Lipinski definition) is 3. The van der Waals surface area contributed by atoms with Gasteiger partial charge in [-0.1, -0.05) is 22.0 Å². The van der Waals surface area contributed by atoms with Gasteiger partial charge in [0.15, 0.2) is 0 Å². The average molecular weight is 358 g/mol. The van der Waals surface area contributed by atoms with Crippen molar-refractivity contribution in [3.05, 3.63) is 52.3 Å². The lowest BCUT2D eigenvalue weighted by molar-refractivity contribution is 0.262. The minimum Gasteiger partial charge on any atom is -0.392 e. The number of carbonyl (C=O) groups is 1. The van der Waals surface area contributed by atoms with Crippen molar-refractivity contribution >= 4 is 33.3 Å². The highest BCUT2D eigenvalue weighted by atomic mass is 79.9. The number of aliphatic hydroxyl groups is 1. The van der Waals surface area contributed by atoms with Crippen LogP contribution in [0.4, 0.5) is 25.0 Å². The Kier molecular flexibility index (Phi) is 4.81. The summed E-state index contributed by atoms with van der Waals surface area (Å²) in [6.45, 7) is -0.262. The number of aromatic nitrogens is 1. The lowest BCUT2D eigenvalue weighted by Gasteiger charge is -2.11. The molecule has 5 nitrogen and oxygen atoms in total. The van der Waals surface area contributed by atoms with Crippen LogP contribution in [0.1, 0.15) is 5.56 Å². The molecular formula is C13H10BrF2N3O2. The van der Waals surface area contributed by atoms with Crippen LogP contribution in [-0.2, 0) is 6.61 Å². The molecule has 110 valence electrons. The van der Waals surface area contributed by atoms with Gasteiger partial charge in [-0.15, -0.1) is 0 Å². The Labute approximate surface area is 127 Å². The highest BCUT2D eigenvalue weighted by molar-refractivity contribution is 9.10. The van der Waals surface area contributed by atoms with Gasteiger partial charge in [0.05, 0.1) is 12.3 Å². The van der Waals surface area contributed by atoms with E-state index in [1.807, 2.05) is 0 Å². The maximum absolute atomic E-state index is 12.9. The van der Waals surface area contributed by atoms with E-state index < -0.39 is 17.9 Å². The summed E-state index contributed by atoms with van der Waals surface area (Å²) in [5.74, 6) is -2.08. The normalized spacial score (nSPS) is 10.3. The number of urea groups is 1. The summed E-state index contributed by atoms with van der Waals surface area (Å²) in [7, 11) is 0. The highest BCUT2D eigenvalue weighted by Crippen LogP contribution is 2.22. The zero-order chi connectivity index (χ0) is 15.4. The predicted octanol–water partition coefficient (Wildman–Crippen LogP) is 3.26. The quantitative estimate of drug-likeness (QED) is 0.738. The molecule has 0 saturated carbocycles. The monoisotopic (exact) mass is 357 g/mol. The number of pyridine rings is 1. The first-order valence-corrected chi connectivity index (χ1v) is 6.57. The Bertz CT molecular complexity index is 662. The maximum atomic E-state index is 12.9. The van der Waals surface area contributed by atoms with Gasteiger partial charge in [-0.2, -0.15) is 13.8 Å². The van der Waals surface area contributed by atoms with Crippen molar-refractivity contribution in [3.63, 3.8) is 0 Å². The van der Waals surface area contributed by atoms with E-state index in [2.05, 4.69) is 31.5 Å². The zero-order valence-corrected chi connectivity index (χ0v) is 12.1. The van der Waals surface area contributed by atoms with E-state index in [-0.39, 0.29) is 12.3 Å². The molecule has 0 atom stereocenters. The molecule has 2 aromatic rings. The number of hydrogen-bond acceptors (Lipinski definition) is 3. The molecule has 0 bridgehead atoms. The molecule has 0 aliphatic rings. The third-order valence-corrected chi connectivity index (χ3v) is 3.00. The van der Waals surface area contributed by atoms with Crippen LogP contribution in [0.3, 0.4) is 0 Å². The molecule has 0 spiro atoms. The third kappa shape index (κ3) is 4.20. The molecule has 0 radical (unpaired) electrons. The molecular weight excluding hydrogens is 348 g/mol. The van der Waals surface area contributed by atoms with Crippen molar-refractivity contribution in [2.75, 3.05) is 10.6 Å². The predicted molar refractivity (Wildman–Crippen MR) is 76.9 cm³/mol. The van der Waals surface area contributed by atoms with Crippen LogP contribution < -0.4 is 10.6 Å². The molecule has 1 aromatic carbocycles.